The molecule has 4 nitrogen and oxygen atoms in total. The predicted molar refractivity (Wildman–Crippen MR) is 16.6 cm³/mol. The molecule has 0 amide bonds. The Balaban J connectivity index is 0. The van der Waals surface area contributed by atoms with Crippen molar-refractivity contribution in [3.8, 4) is 6.07 Å². The number of quaternary nitrogens is 1. The number of rotatable bonds is 0. The second-order valence-electron chi connectivity index (χ2n) is 0.399. The Hall–Kier alpha value is -1.08. The molecule has 0 fully saturated rings. The lowest BCUT2D eigenvalue weighted by molar-refractivity contribution is -0.296. The van der Waals surface area contributed by atoms with Gasteiger partial charge >= 0.3 is 0 Å². The number of aliphatic carboxylic acids is 1. The molecule has 0 heterocycles. The first-order valence-electron chi connectivity index (χ1n) is 0.882. The van der Waals surface area contributed by atoms with Crippen molar-refractivity contribution in [3.63, 3.8) is 0 Å². The summed E-state index contributed by atoms with van der Waals surface area (Å²) in [5, 5.41) is 16.1. The third-order valence-electron chi connectivity index (χ3n) is 0.0913. The van der Waals surface area contributed by atoms with Crippen molar-refractivity contribution in [1.82, 2.24) is 6.15 Å². The highest BCUT2D eigenvalue weighted by Crippen LogP contribution is 1.35. The van der Waals surface area contributed by atoms with Crippen molar-refractivity contribution < 1.29 is 9.90 Å². The molecule has 0 saturated heterocycles. The smallest absolute Gasteiger partial charge is 0.145 e. The van der Waals surface area contributed by atoms with Gasteiger partial charge in [-0.2, -0.15) is 5.26 Å². The summed E-state index contributed by atoms with van der Waals surface area (Å²) in [4.78, 5) is 8.90. The van der Waals surface area contributed by atoms with Gasteiger partial charge in [-0.05, 0) is 0 Å². The molecule has 0 aromatic heterocycles. The van der Waals surface area contributed by atoms with Crippen LogP contribution in [-0.4, -0.2) is 5.97 Å². The number of carboxylic acid groups (broad SMARTS) is 1. The van der Waals surface area contributed by atoms with Gasteiger partial charge in [0.05, 0.1) is 0 Å². The molecule has 0 rings (SSSR count). The highest BCUT2D eigenvalue weighted by Gasteiger charge is 1.61. The highest BCUT2D eigenvalue weighted by molar-refractivity contribution is 5.81. The summed E-state index contributed by atoms with van der Waals surface area (Å²) in [7, 11) is 0. The van der Waals surface area contributed by atoms with E-state index in [4.69, 9.17) is 15.2 Å². The third kappa shape index (κ3) is 12.7. The number of carbonyl (C=O) groups excluding carboxylic acids is 1. The summed E-state index contributed by atoms with van der Waals surface area (Å²) in [6.45, 7) is 0. The van der Waals surface area contributed by atoms with Crippen molar-refractivity contribution in [2.45, 2.75) is 0 Å². The quantitative estimate of drug-likeness (QED) is 0.370. The van der Waals surface area contributed by atoms with Crippen LogP contribution in [-0.2, 0) is 4.79 Å². The fraction of sp³-hybridized carbons (Fsp3) is 0. The van der Waals surface area contributed by atoms with E-state index in [2.05, 4.69) is 0 Å². The molecule has 4 N–H and O–H groups in total. The first kappa shape index (κ1) is 8.87. The minimum atomic E-state index is -1.69. The summed E-state index contributed by atoms with van der Waals surface area (Å²) < 4.78 is 0. The predicted octanol–water partition coefficient (Wildman–Crippen LogP) is -1.36. The lowest BCUT2D eigenvalue weighted by Crippen LogP contribution is -2.18. The van der Waals surface area contributed by atoms with Crippen molar-refractivity contribution in [2.24, 2.45) is 0 Å². The van der Waals surface area contributed by atoms with Crippen LogP contribution in [0.1, 0.15) is 0 Å². The van der Waals surface area contributed by atoms with E-state index in [0.717, 1.165) is 6.07 Å². The van der Waals surface area contributed by atoms with Crippen LogP contribution in [0.15, 0.2) is 0 Å². The number of nitriles is 1. The van der Waals surface area contributed by atoms with Gasteiger partial charge in [0, 0.05) is 0 Å². The Morgan fingerprint density at radius 3 is 2.00 bits per heavy atom. The average molecular weight is 88.1 g/mol. The van der Waals surface area contributed by atoms with Crippen molar-refractivity contribution >= 4 is 5.97 Å². The highest BCUT2D eigenvalue weighted by atomic mass is 16.4. The fourth-order valence-corrected chi connectivity index (χ4v) is 0. The molecule has 0 radical (unpaired) electrons. The summed E-state index contributed by atoms with van der Waals surface area (Å²) >= 11 is 0. The van der Waals surface area contributed by atoms with Crippen molar-refractivity contribution in [1.29, 1.82) is 5.26 Å². The molecular formula is C2H4N2O2. The Morgan fingerprint density at radius 2 is 2.00 bits per heavy atom. The van der Waals surface area contributed by atoms with Gasteiger partial charge in [-0.3, -0.25) is 0 Å². The van der Waals surface area contributed by atoms with Crippen LogP contribution < -0.4 is 11.3 Å². The molecular weight excluding hydrogens is 84.0 g/mol. The van der Waals surface area contributed by atoms with Gasteiger partial charge in [0.15, 0.2) is 0 Å². The van der Waals surface area contributed by atoms with Gasteiger partial charge < -0.3 is 16.1 Å². The Kier molecular flexibility index (Phi) is 5.79. The molecule has 34 valence electrons. The molecule has 0 unspecified atom stereocenters. The molecule has 0 aromatic rings. The first-order chi connectivity index (χ1) is 2.27. The van der Waals surface area contributed by atoms with Crippen LogP contribution in [0, 0.1) is 11.3 Å². The monoisotopic (exact) mass is 88.0 g/mol. The first-order valence-corrected chi connectivity index (χ1v) is 0.882. The maximum Gasteiger partial charge on any atom is 0.145 e. The summed E-state index contributed by atoms with van der Waals surface area (Å²) in [5.74, 6) is -1.69. The zero-order valence-corrected chi connectivity index (χ0v) is 3.26. The number of nitrogens with zero attached hydrogens (tertiary/aromatic N) is 1. The number of carboxylic acids is 1. The molecule has 4 heteroatoms. The van der Waals surface area contributed by atoms with Gasteiger partial charge in [0.1, 0.15) is 12.0 Å². The molecule has 0 atom stereocenters. The SMILES string of the molecule is N#CC(=O)[O-].[NH4+]. The lowest BCUT2D eigenvalue weighted by atomic mass is 10.8. The van der Waals surface area contributed by atoms with Gasteiger partial charge in [-0.1, -0.05) is 0 Å². The molecule has 0 aliphatic rings. The number of hydrogen-bond donors (Lipinski definition) is 1. The van der Waals surface area contributed by atoms with E-state index < -0.39 is 5.97 Å². The fourth-order valence-electron chi connectivity index (χ4n) is 0. The topological polar surface area (TPSA) is 100 Å². The summed E-state index contributed by atoms with van der Waals surface area (Å²) in [6.07, 6.45) is 0. The molecule has 6 heavy (non-hydrogen) atoms. The van der Waals surface area contributed by atoms with E-state index in [1.54, 1.807) is 0 Å². The van der Waals surface area contributed by atoms with Gasteiger partial charge in [-0.15, -0.1) is 0 Å². The zero-order valence-electron chi connectivity index (χ0n) is 3.26. The largest absolute Gasteiger partial charge is 0.535 e. The summed E-state index contributed by atoms with van der Waals surface area (Å²) in [6, 6.07) is 0.833. The van der Waals surface area contributed by atoms with Crippen LogP contribution in [0.25, 0.3) is 0 Å². The molecule has 0 saturated carbocycles. The Labute approximate surface area is 34.6 Å². The standard InChI is InChI=1S/C2HNO2.H3N/c3-1-2(4)5;/h(H,4,5);1H3. The van der Waals surface area contributed by atoms with Crippen LogP contribution in [0.5, 0.6) is 0 Å². The van der Waals surface area contributed by atoms with Crippen LogP contribution in [0.3, 0.4) is 0 Å². The second kappa shape index (κ2) is 3.92. The van der Waals surface area contributed by atoms with Gasteiger partial charge in [-0.25, -0.2) is 0 Å². The maximum absolute atomic E-state index is 8.90. The van der Waals surface area contributed by atoms with Crippen molar-refractivity contribution in [3.05, 3.63) is 0 Å². The second-order valence-corrected chi connectivity index (χ2v) is 0.399. The van der Waals surface area contributed by atoms with Gasteiger partial charge in [0.2, 0.25) is 0 Å². The van der Waals surface area contributed by atoms with E-state index >= 15 is 0 Å². The van der Waals surface area contributed by atoms with E-state index in [9.17, 15) is 0 Å². The molecule has 0 aliphatic heterocycles. The van der Waals surface area contributed by atoms with E-state index in [0.29, 0.717) is 0 Å². The Morgan fingerprint density at radius 1 is 1.83 bits per heavy atom. The van der Waals surface area contributed by atoms with E-state index in [1.165, 1.54) is 0 Å². The van der Waals surface area contributed by atoms with E-state index in [1.807, 2.05) is 0 Å². The average Bonchev–Trinajstić information content (AvgIpc) is 1.38. The third-order valence-corrected chi connectivity index (χ3v) is 0.0913. The molecule has 0 aromatic carbocycles. The normalized spacial score (nSPS) is 4.50. The number of hydrogen-bond acceptors (Lipinski definition) is 3. The van der Waals surface area contributed by atoms with Crippen LogP contribution >= 0.6 is 0 Å². The van der Waals surface area contributed by atoms with Crippen molar-refractivity contribution in [2.75, 3.05) is 0 Å². The lowest BCUT2D eigenvalue weighted by Gasteiger charge is -1.73. The maximum atomic E-state index is 8.90. The number of carbonyl (C=O) groups is 1. The summed E-state index contributed by atoms with van der Waals surface area (Å²) in [5.41, 5.74) is 0. The van der Waals surface area contributed by atoms with Gasteiger partial charge in [0.25, 0.3) is 0 Å². The molecule has 0 aliphatic carbocycles. The minimum Gasteiger partial charge on any atom is -0.535 e. The van der Waals surface area contributed by atoms with Crippen LogP contribution in [0.2, 0.25) is 0 Å². The van der Waals surface area contributed by atoms with Crippen LogP contribution in [0.4, 0.5) is 0 Å². The van der Waals surface area contributed by atoms with E-state index in [-0.39, 0.29) is 6.15 Å². The molecule has 0 bridgehead atoms. The zero-order chi connectivity index (χ0) is 4.28. The minimum absolute atomic E-state index is 0. The Bertz CT molecular complexity index is 82.0. The molecule has 0 spiro atoms.